The van der Waals surface area contributed by atoms with Crippen LogP contribution in [0.2, 0.25) is 0 Å². The normalized spacial score (nSPS) is 12.0. The Balaban J connectivity index is 1.84. The van der Waals surface area contributed by atoms with E-state index in [-0.39, 0.29) is 6.04 Å². The van der Waals surface area contributed by atoms with Crippen molar-refractivity contribution in [3.8, 4) is 5.75 Å². The van der Waals surface area contributed by atoms with Gasteiger partial charge in [-0.3, -0.25) is 0 Å². The van der Waals surface area contributed by atoms with E-state index in [4.69, 9.17) is 4.74 Å². The van der Waals surface area contributed by atoms with Gasteiger partial charge in [-0.05, 0) is 50.7 Å². The van der Waals surface area contributed by atoms with E-state index >= 15 is 0 Å². The van der Waals surface area contributed by atoms with Gasteiger partial charge in [0.1, 0.15) is 5.75 Å². The number of rotatable bonds is 6. The third kappa shape index (κ3) is 5.42. The minimum absolute atomic E-state index is 0.264. The van der Waals surface area contributed by atoms with Crippen molar-refractivity contribution >= 4 is 6.09 Å². The number of amides is 1. The van der Waals surface area contributed by atoms with Crippen molar-refractivity contribution < 1.29 is 9.53 Å². The smallest absolute Gasteiger partial charge is 0.410 e. The van der Waals surface area contributed by atoms with Gasteiger partial charge in [0, 0.05) is 12.6 Å². The molecule has 4 nitrogen and oxygen atoms in total. The summed E-state index contributed by atoms with van der Waals surface area (Å²) in [7, 11) is 4.04. The fraction of sp³-hybridized carbons (Fsp3) is 0.316. The van der Waals surface area contributed by atoms with Crippen LogP contribution in [0.1, 0.15) is 24.1 Å². The number of hydrogen-bond donors (Lipinski definition) is 1. The Labute approximate surface area is 138 Å². The van der Waals surface area contributed by atoms with Crippen molar-refractivity contribution in [2.24, 2.45) is 0 Å². The molecule has 0 spiro atoms. The molecule has 0 saturated heterocycles. The van der Waals surface area contributed by atoms with Crippen LogP contribution in [0.4, 0.5) is 4.79 Å². The van der Waals surface area contributed by atoms with Crippen molar-refractivity contribution in [3.63, 3.8) is 0 Å². The van der Waals surface area contributed by atoms with Gasteiger partial charge < -0.3 is 15.0 Å². The summed E-state index contributed by atoms with van der Waals surface area (Å²) in [5.74, 6) is 0.563. The van der Waals surface area contributed by atoms with Crippen LogP contribution in [0.3, 0.4) is 0 Å². The standard InChI is InChI=1S/C19H24N2O2/c1-15(21(2)3)17-10-7-11-18(14-17)23-19(22)20-13-12-16-8-5-4-6-9-16/h4-11,14-15H,12-13H2,1-3H3,(H,20,22)/t15-/m0/s1. The van der Waals surface area contributed by atoms with E-state index in [1.54, 1.807) is 6.07 Å². The Morgan fingerprint density at radius 2 is 1.87 bits per heavy atom. The Bertz CT molecular complexity index is 626. The number of ether oxygens (including phenoxy) is 1. The zero-order valence-corrected chi connectivity index (χ0v) is 14.0. The number of benzene rings is 2. The van der Waals surface area contributed by atoms with Gasteiger partial charge in [-0.2, -0.15) is 0 Å². The van der Waals surface area contributed by atoms with Crippen LogP contribution >= 0.6 is 0 Å². The van der Waals surface area contributed by atoms with Gasteiger partial charge >= 0.3 is 6.09 Å². The Morgan fingerprint density at radius 1 is 1.13 bits per heavy atom. The van der Waals surface area contributed by atoms with E-state index < -0.39 is 6.09 Å². The summed E-state index contributed by atoms with van der Waals surface area (Å²) in [6.07, 6.45) is 0.365. The molecule has 0 aliphatic rings. The molecule has 23 heavy (non-hydrogen) atoms. The Morgan fingerprint density at radius 3 is 2.57 bits per heavy atom. The molecule has 1 atom stereocenters. The first-order chi connectivity index (χ1) is 11.1. The average molecular weight is 312 g/mol. The molecule has 122 valence electrons. The molecule has 0 radical (unpaired) electrons. The lowest BCUT2D eigenvalue weighted by atomic mass is 10.1. The number of carbonyl (C=O) groups is 1. The molecule has 0 unspecified atom stereocenters. The Hall–Kier alpha value is -2.33. The van der Waals surface area contributed by atoms with E-state index in [2.05, 4.69) is 17.1 Å². The van der Waals surface area contributed by atoms with Crippen LogP contribution in [-0.2, 0) is 6.42 Å². The van der Waals surface area contributed by atoms with Gasteiger partial charge in [0.15, 0.2) is 0 Å². The molecule has 1 N–H and O–H groups in total. The molecule has 1 amide bonds. The van der Waals surface area contributed by atoms with Gasteiger partial charge in [0.25, 0.3) is 0 Å². The van der Waals surface area contributed by atoms with E-state index in [0.717, 1.165) is 12.0 Å². The molecule has 0 bridgehead atoms. The lowest BCUT2D eigenvalue weighted by molar-refractivity contribution is 0.200. The minimum Gasteiger partial charge on any atom is -0.410 e. The van der Waals surface area contributed by atoms with Crippen LogP contribution in [0.15, 0.2) is 54.6 Å². The maximum absolute atomic E-state index is 11.9. The monoisotopic (exact) mass is 312 g/mol. The molecule has 0 fully saturated rings. The summed E-state index contributed by atoms with van der Waals surface area (Å²) < 4.78 is 5.35. The highest BCUT2D eigenvalue weighted by atomic mass is 16.6. The fourth-order valence-corrected chi connectivity index (χ4v) is 2.23. The zero-order chi connectivity index (χ0) is 16.7. The van der Waals surface area contributed by atoms with Crippen LogP contribution in [0.5, 0.6) is 5.75 Å². The topological polar surface area (TPSA) is 41.6 Å². The molecule has 0 saturated carbocycles. The SMILES string of the molecule is C[C@@H](c1cccc(OC(=O)NCCc2ccccc2)c1)N(C)C. The molecule has 2 rings (SSSR count). The zero-order valence-electron chi connectivity index (χ0n) is 14.0. The lowest BCUT2D eigenvalue weighted by Gasteiger charge is -2.20. The van der Waals surface area contributed by atoms with Crippen molar-refractivity contribution in [3.05, 3.63) is 65.7 Å². The summed E-state index contributed by atoms with van der Waals surface area (Å²) in [5, 5.41) is 2.78. The molecular weight excluding hydrogens is 288 g/mol. The van der Waals surface area contributed by atoms with E-state index in [1.807, 2.05) is 62.6 Å². The number of nitrogens with zero attached hydrogens (tertiary/aromatic N) is 1. The minimum atomic E-state index is -0.421. The van der Waals surface area contributed by atoms with Gasteiger partial charge in [-0.1, -0.05) is 42.5 Å². The second-order valence-electron chi connectivity index (χ2n) is 5.76. The van der Waals surface area contributed by atoms with Crippen molar-refractivity contribution in [1.82, 2.24) is 10.2 Å². The maximum atomic E-state index is 11.9. The molecular formula is C19H24N2O2. The number of nitrogens with one attached hydrogen (secondary N) is 1. The van der Waals surface area contributed by atoms with Crippen molar-refractivity contribution in [2.75, 3.05) is 20.6 Å². The lowest BCUT2D eigenvalue weighted by Crippen LogP contribution is -2.28. The van der Waals surface area contributed by atoms with Crippen molar-refractivity contribution in [1.29, 1.82) is 0 Å². The maximum Gasteiger partial charge on any atom is 0.412 e. The summed E-state index contributed by atoms with van der Waals surface area (Å²) in [6, 6.07) is 17.9. The van der Waals surface area contributed by atoms with Crippen LogP contribution in [0.25, 0.3) is 0 Å². The third-order valence-corrected chi connectivity index (χ3v) is 3.85. The van der Waals surface area contributed by atoms with E-state index in [0.29, 0.717) is 12.3 Å². The first kappa shape index (κ1) is 17.0. The second-order valence-corrected chi connectivity index (χ2v) is 5.76. The average Bonchev–Trinajstić information content (AvgIpc) is 2.55. The van der Waals surface area contributed by atoms with Crippen LogP contribution < -0.4 is 10.1 Å². The highest BCUT2D eigenvalue weighted by Crippen LogP contribution is 2.22. The fourth-order valence-electron chi connectivity index (χ4n) is 2.23. The largest absolute Gasteiger partial charge is 0.412 e. The number of hydrogen-bond acceptors (Lipinski definition) is 3. The van der Waals surface area contributed by atoms with Gasteiger partial charge in [-0.25, -0.2) is 4.79 Å². The molecule has 2 aromatic carbocycles. The van der Waals surface area contributed by atoms with Gasteiger partial charge in [0.05, 0.1) is 0 Å². The van der Waals surface area contributed by atoms with E-state index in [9.17, 15) is 4.79 Å². The summed E-state index contributed by atoms with van der Waals surface area (Å²) in [6.45, 7) is 2.66. The number of carbonyl (C=O) groups excluding carboxylic acids is 1. The molecule has 2 aromatic rings. The molecule has 0 aliphatic heterocycles. The Kier molecular flexibility index (Phi) is 6.18. The molecule has 4 heteroatoms. The highest BCUT2D eigenvalue weighted by molar-refractivity contribution is 5.70. The van der Waals surface area contributed by atoms with E-state index in [1.165, 1.54) is 5.56 Å². The summed E-state index contributed by atoms with van der Waals surface area (Å²) in [5.41, 5.74) is 2.30. The second kappa shape index (κ2) is 8.34. The summed E-state index contributed by atoms with van der Waals surface area (Å²) in [4.78, 5) is 14.0. The van der Waals surface area contributed by atoms with Gasteiger partial charge in [-0.15, -0.1) is 0 Å². The molecule has 0 aliphatic carbocycles. The predicted octanol–water partition coefficient (Wildman–Crippen LogP) is 3.64. The molecule has 0 heterocycles. The van der Waals surface area contributed by atoms with Gasteiger partial charge in [0.2, 0.25) is 0 Å². The van der Waals surface area contributed by atoms with Crippen LogP contribution in [0, 0.1) is 0 Å². The third-order valence-electron chi connectivity index (χ3n) is 3.85. The highest BCUT2D eigenvalue weighted by Gasteiger charge is 2.10. The van der Waals surface area contributed by atoms with Crippen molar-refractivity contribution in [2.45, 2.75) is 19.4 Å². The molecule has 0 aromatic heterocycles. The first-order valence-electron chi connectivity index (χ1n) is 7.82. The summed E-state index contributed by atoms with van der Waals surface area (Å²) >= 11 is 0. The van der Waals surface area contributed by atoms with Crippen LogP contribution in [-0.4, -0.2) is 31.6 Å². The predicted molar refractivity (Wildman–Crippen MR) is 92.7 cm³/mol. The quantitative estimate of drug-likeness (QED) is 0.885. The first-order valence-corrected chi connectivity index (χ1v) is 7.82.